The first-order valence-electron chi connectivity index (χ1n) is 9.82. The Labute approximate surface area is 186 Å². The van der Waals surface area contributed by atoms with Crippen LogP contribution < -0.4 is 5.73 Å². The highest BCUT2D eigenvalue weighted by Crippen LogP contribution is 2.37. The Kier molecular flexibility index (Phi) is 9.75. The maximum absolute atomic E-state index is 12.4. The molecule has 0 spiro atoms. The summed E-state index contributed by atoms with van der Waals surface area (Å²) in [6.07, 6.45) is 6.53. The second-order valence-electron chi connectivity index (χ2n) is 7.66. The molecule has 2 rings (SSSR count). The number of aryl methyl sites for hydroxylation is 2. The number of benzene rings is 1. The standard InChI is InChI=1S/C21H30NO5PS2/c1-21(22,15-27-28(24,25)26)14-13-18-11-12-20(30-18)19(23)6-4-3-5-16-7-9-17(29-2)10-8-16/h7-12H,3-6,13-15,22H2,1-2H3,(H2,24,25,26). The molecule has 166 valence electrons. The molecule has 0 fully saturated rings. The van der Waals surface area contributed by atoms with Gasteiger partial charge in [-0.3, -0.25) is 9.32 Å². The maximum atomic E-state index is 12.4. The molecule has 1 aromatic heterocycles. The summed E-state index contributed by atoms with van der Waals surface area (Å²) >= 11 is 3.19. The fourth-order valence-electron chi connectivity index (χ4n) is 2.90. The third-order valence-corrected chi connectivity index (χ3v) is 7.11. The molecule has 1 heterocycles. The number of Topliss-reactive ketones (excluding diaryl/α,β-unsaturated/α-hetero) is 1. The number of unbranched alkanes of at least 4 members (excludes halogenated alkanes) is 1. The van der Waals surface area contributed by atoms with E-state index in [1.807, 2.05) is 12.1 Å². The van der Waals surface area contributed by atoms with E-state index in [4.69, 9.17) is 15.5 Å². The second kappa shape index (κ2) is 11.6. The van der Waals surface area contributed by atoms with Crippen molar-refractivity contribution < 1.29 is 23.7 Å². The Morgan fingerprint density at radius 2 is 1.87 bits per heavy atom. The fourth-order valence-corrected chi connectivity index (χ4v) is 4.75. The monoisotopic (exact) mass is 471 g/mol. The summed E-state index contributed by atoms with van der Waals surface area (Å²) in [7, 11) is -4.53. The molecular formula is C21H30NO5PS2. The summed E-state index contributed by atoms with van der Waals surface area (Å²) in [4.78, 5) is 33.1. The molecule has 6 nitrogen and oxygen atoms in total. The molecule has 0 saturated carbocycles. The molecule has 1 aromatic carbocycles. The van der Waals surface area contributed by atoms with E-state index < -0.39 is 13.4 Å². The van der Waals surface area contributed by atoms with Gasteiger partial charge in [-0.1, -0.05) is 12.1 Å². The SMILES string of the molecule is CSc1ccc(CCCCC(=O)c2ccc(CCC(C)(N)COP(=O)(O)O)s2)cc1. The first-order chi connectivity index (χ1) is 14.1. The highest BCUT2D eigenvalue weighted by Gasteiger charge is 2.24. The van der Waals surface area contributed by atoms with Gasteiger partial charge in [-0.05, 0) is 75.1 Å². The van der Waals surface area contributed by atoms with Crippen molar-refractivity contribution in [2.24, 2.45) is 5.73 Å². The summed E-state index contributed by atoms with van der Waals surface area (Å²) < 4.78 is 15.3. The lowest BCUT2D eigenvalue weighted by atomic mass is 9.98. The van der Waals surface area contributed by atoms with Gasteiger partial charge >= 0.3 is 7.82 Å². The molecule has 0 radical (unpaired) electrons. The molecule has 2 aromatic rings. The number of hydrogen-bond donors (Lipinski definition) is 3. The Balaban J connectivity index is 1.72. The van der Waals surface area contributed by atoms with Crippen molar-refractivity contribution in [3.63, 3.8) is 0 Å². The lowest BCUT2D eigenvalue weighted by Gasteiger charge is -2.24. The van der Waals surface area contributed by atoms with E-state index >= 15 is 0 Å². The van der Waals surface area contributed by atoms with Crippen molar-refractivity contribution in [2.45, 2.75) is 55.9 Å². The summed E-state index contributed by atoms with van der Waals surface area (Å²) in [5, 5.41) is 0. The number of thiophene rings is 1. The molecule has 0 aliphatic heterocycles. The Bertz CT molecular complexity index is 861. The van der Waals surface area contributed by atoms with E-state index in [0.29, 0.717) is 19.3 Å². The van der Waals surface area contributed by atoms with Crippen LogP contribution in [0.1, 0.15) is 52.7 Å². The van der Waals surface area contributed by atoms with E-state index in [1.165, 1.54) is 21.8 Å². The molecule has 0 aliphatic carbocycles. The Morgan fingerprint density at radius 3 is 2.50 bits per heavy atom. The predicted molar refractivity (Wildman–Crippen MR) is 123 cm³/mol. The van der Waals surface area contributed by atoms with Crippen molar-refractivity contribution in [3.8, 4) is 0 Å². The molecule has 0 amide bonds. The number of hydrogen-bond acceptors (Lipinski definition) is 6. The van der Waals surface area contributed by atoms with Crippen LogP contribution in [-0.4, -0.2) is 34.0 Å². The summed E-state index contributed by atoms with van der Waals surface area (Å²) in [5.41, 5.74) is 6.49. The molecule has 0 saturated heterocycles. The van der Waals surface area contributed by atoms with Gasteiger partial charge in [0.05, 0.1) is 11.5 Å². The summed E-state index contributed by atoms with van der Waals surface area (Å²) in [5.74, 6) is 0.157. The van der Waals surface area contributed by atoms with Crippen molar-refractivity contribution in [2.75, 3.05) is 12.9 Å². The minimum Gasteiger partial charge on any atom is -0.323 e. The minimum absolute atomic E-state index is 0.157. The molecule has 4 N–H and O–H groups in total. The number of nitrogens with two attached hydrogens (primary N) is 1. The largest absolute Gasteiger partial charge is 0.469 e. The van der Waals surface area contributed by atoms with Crippen LogP contribution in [0.4, 0.5) is 0 Å². The van der Waals surface area contributed by atoms with Gasteiger partial charge in [-0.25, -0.2) is 4.57 Å². The lowest BCUT2D eigenvalue weighted by Crippen LogP contribution is -2.41. The minimum atomic E-state index is -4.53. The second-order valence-corrected chi connectivity index (χ2v) is 10.9. The van der Waals surface area contributed by atoms with Crippen LogP contribution in [0.15, 0.2) is 41.3 Å². The van der Waals surface area contributed by atoms with E-state index in [1.54, 1.807) is 18.7 Å². The number of carbonyl (C=O) groups excluding carboxylic acids is 1. The summed E-state index contributed by atoms with van der Waals surface area (Å²) in [6, 6.07) is 12.3. The van der Waals surface area contributed by atoms with Gasteiger partial charge in [0.1, 0.15) is 0 Å². The van der Waals surface area contributed by atoms with Crippen LogP contribution in [0.3, 0.4) is 0 Å². The molecule has 1 unspecified atom stereocenters. The van der Waals surface area contributed by atoms with Crippen molar-refractivity contribution in [1.82, 2.24) is 0 Å². The zero-order valence-corrected chi connectivity index (χ0v) is 19.9. The van der Waals surface area contributed by atoms with Crippen LogP contribution in [0, 0.1) is 0 Å². The first-order valence-corrected chi connectivity index (χ1v) is 13.4. The smallest absolute Gasteiger partial charge is 0.323 e. The molecule has 30 heavy (non-hydrogen) atoms. The topological polar surface area (TPSA) is 110 Å². The van der Waals surface area contributed by atoms with E-state index in [0.717, 1.165) is 29.0 Å². The predicted octanol–water partition coefficient (Wildman–Crippen LogP) is 4.83. The maximum Gasteiger partial charge on any atom is 0.469 e. The zero-order chi connectivity index (χ0) is 22.2. The Morgan fingerprint density at radius 1 is 1.17 bits per heavy atom. The van der Waals surface area contributed by atoms with Gasteiger partial charge in [-0.15, -0.1) is 23.1 Å². The number of phosphoric acid groups is 1. The lowest BCUT2D eigenvalue weighted by molar-refractivity contribution is 0.0983. The van der Waals surface area contributed by atoms with Crippen LogP contribution in [0.25, 0.3) is 0 Å². The molecule has 9 heteroatoms. The van der Waals surface area contributed by atoms with Crippen molar-refractivity contribution in [3.05, 3.63) is 51.7 Å². The first kappa shape index (κ1) is 25.3. The highest BCUT2D eigenvalue weighted by molar-refractivity contribution is 7.98. The van der Waals surface area contributed by atoms with E-state index in [9.17, 15) is 9.36 Å². The zero-order valence-electron chi connectivity index (χ0n) is 17.4. The van der Waals surface area contributed by atoms with Crippen molar-refractivity contribution >= 4 is 36.7 Å². The molecule has 0 bridgehead atoms. The van der Waals surface area contributed by atoms with E-state index in [2.05, 4.69) is 35.0 Å². The molecule has 1 atom stereocenters. The number of phosphoric ester groups is 1. The number of carbonyl (C=O) groups is 1. The number of rotatable bonds is 13. The third-order valence-electron chi connectivity index (χ3n) is 4.72. The number of thioether (sulfide) groups is 1. The quantitative estimate of drug-likeness (QED) is 0.166. The van der Waals surface area contributed by atoms with Gasteiger partial charge in [0.2, 0.25) is 0 Å². The fraction of sp³-hybridized carbons (Fsp3) is 0.476. The van der Waals surface area contributed by atoms with Gasteiger partial charge < -0.3 is 15.5 Å². The molecule has 0 aliphatic rings. The van der Waals surface area contributed by atoms with Gasteiger partial charge in [0.25, 0.3) is 0 Å². The van der Waals surface area contributed by atoms with Crippen LogP contribution in [-0.2, 0) is 21.9 Å². The highest BCUT2D eigenvalue weighted by atomic mass is 32.2. The van der Waals surface area contributed by atoms with Crippen LogP contribution in [0.5, 0.6) is 0 Å². The normalized spacial score (nSPS) is 13.9. The number of ketones is 1. The summed E-state index contributed by atoms with van der Waals surface area (Å²) in [6.45, 7) is 1.46. The third kappa shape index (κ3) is 9.43. The average Bonchev–Trinajstić information content (AvgIpc) is 3.17. The van der Waals surface area contributed by atoms with Crippen LogP contribution >= 0.6 is 30.9 Å². The van der Waals surface area contributed by atoms with Gasteiger partial charge in [0, 0.05) is 21.7 Å². The van der Waals surface area contributed by atoms with Gasteiger partial charge in [-0.2, -0.15) is 0 Å². The van der Waals surface area contributed by atoms with Gasteiger partial charge in [0.15, 0.2) is 5.78 Å². The van der Waals surface area contributed by atoms with E-state index in [-0.39, 0.29) is 12.4 Å². The Hall–Kier alpha value is -0.990. The average molecular weight is 472 g/mol. The van der Waals surface area contributed by atoms with Crippen LogP contribution in [0.2, 0.25) is 0 Å². The molecular weight excluding hydrogens is 441 g/mol. The van der Waals surface area contributed by atoms with Crippen molar-refractivity contribution in [1.29, 1.82) is 0 Å².